The van der Waals surface area contributed by atoms with Crippen LogP contribution < -0.4 is 0 Å². The van der Waals surface area contributed by atoms with E-state index in [1.165, 1.54) is 38.6 Å². The van der Waals surface area contributed by atoms with Crippen molar-refractivity contribution in [1.82, 2.24) is 4.90 Å². The molecule has 0 amide bonds. The number of rotatable bonds is 1. The number of halogens is 1. The lowest BCUT2D eigenvalue weighted by Crippen LogP contribution is -2.47. The smallest absolute Gasteiger partial charge is 0.0489 e. The van der Waals surface area contributed by atoms with Gasteiger partial charge in [-0.2, -0.15) is 0 Å². The molecule has 2 bridgehead atoms. The first-order valence-corrected chi connectivity index (χ1v) is 7.06. The van der Waals surface area contributed by atoms with Crippen molar-refractivity contribution >= 4 is 11.6 Å². The lowest BCUT2D eigenvalue weighted by atomic mass is 9.90. The molecule has 86 valence electrons. The molecule has 1 aliphatic heterocycles. The lowest BCUT2D eigenvalue weighted by molar-refractivity contribution is 0.103. The van der Waals surface area contributed by atoms with Gasteiger partial charge in [-0.05, 0) is 50.0 Å². The Morgan fingerprint density at radius 3 is 2.60 bits per heavy atom. The van der Waals surface area contributed by atoms with Gasteiger partial charge in [-0.15, -0.1) is 11.6 Å². The van der Waals surface area contributed by atoms with Crippen LogP contribution in [0.25, 0.3) is 0 Å². The first-order valence-electron chi connectivity index (χ1n) is 6.62. The summed E-state index contributed by atoms with van der Waals surface area (Å²) in [4.78, 5) is 2.71. The molecular formula is C13H22ClN. The van der Waals surface area contributed by atoms with E-state index in [-0.39, 0.29) is 0 Å². The Balaban J connectivity index is 1.63. The Morgan fingerprint density at radius 2 is 2.00 bits per heavy atom. The van der Waals surface area contributed by atoms with E-state index in [0.29, 0.717) is 5.38 Å². The van der Waals surface area contributed by atoms with Gasteiger partial charge in [0.25, 0.3) is 0 Å². The van der Waals surface area contributed by atoms with Gasteiger partial charge in [0.2, 0.25) is 0 Å². The molecule has 1 nitrogen and oxygen atoms in total. The predicted molar refractivity (Wildman–Crippen MR) is 64.2 cm³/mol. The number of fused-ring (bicyclic) bond motifs is 2. The molecular weight excluding hydrogens is 206 g/mol. The van der Waals surface area contributed by atoms with Crippen molar-refractivity contribution in [2.75, 3.05) is 13.1 Å². The second kappa shape index (κ2) is 3.92. The average Bonchev–Trinajstić information content (AvgIpc) is 2.83. The van der Waals surface area contributed by atoms with Crippen LogP contribution in [0, 0.1) is 17.8 Å². The van der Waals surface area contributed by atoms with Crippen molar-refractivity contribution in [2.45, 2.75) is 50.4 Å². The van der Waals surface area contributed by atoms with Gasteiger partial charge in [0.1, 0.15) is 0 Å². The maximum absolute atomic E-state index is 6.40. The molecule has 3 fully saturated rings. The Labute approximate surface area is 98.2 Å². The van der Waals surface area contributed by atoms with Gasteiger partial charge in [0.05, 0.1) is 0 Å². The van der Waals surface area contributed by atoms with Crippen LogP contribution in [-0.4, -0.2) is 29.4 Å². The van der Waals surface area contributed by atoms with Gasteiger partial charge < -0.3 is 0 Å². The minimum Gasteiger partial charge on any atom is -0.299 e. The molecule has 1 saturated heterocycles. The molecule has 2 saturated carbocycles. The van der Waals surface area contributed by atoms with Crippen molar-refractivity contribution in [3.05, 3.63) is 0 Å². The first kappa shape index (κ1) is 10.4. The Bertz CT molecular complexity index is 243. The van der Waals surface area contributed by atoms with Gasteiger partial charge in [-0.3, -0.25) is 4.90 Å². The van der Waals surface area contributed by atoms with E-state index in [0.717, 1.165) is 30.3 Å². The molecule has 5 unspecified atom stereocenters. The second-order valence-corrected chi connectivity index (χ2v) is 6.58. The van der Waals surface area contributed by atoms with Crippen LogP contribution in [0.4, 0.5) is 0 Å². The van der Waals surface area contributed by atoms with Crippen molar-refractivity contribution < 1.29 is 0 Å². The number of likely N-dealkylation sites (tertiary alicyclic amines) is 1. The molecule has 0 aromatic heterocycles. The van der Waals surface area contributed by atoms with Crippen molar-refractivity contribution in [2.24, 2.45) is 17.8 Å². The molecule has 0 aromatic carbocycles. The molecule has 2 aliphatic carbocycles. The summed E-state index contributed by atoms with van der Waals surface area (Å²) in [5.41, 5.74) is 0. The molecule has 15 heavy (non-hydrogen) atoms. The molecule has 0 N–H and O–H groups in total. The number of alkyl halides is 1. The van der Waals surface area contributed by atoms with Gasteiger partial charge in [0.15, 0.2) is 0 Å². The van der Waals surface area contributed by atoms with Gasteiger partial charge in [-0.25, -0.2) is 0 Å². The zero-order chi connectivity index (χ0) is 10.4. The lowest BCUT2D eigenvalue weighted by Gasteiger charge is -2.41. The Morgan fingerprint density at radius 1 is 1.13 bits per heavy atom. The van der Waals surface area contributed by atoms with E-state index in [1.54, 1.807) is 0 Å². The molecule has 0 spiro atoms. The fraction of sp³-hybridized carbons (Fsp3) is 1.00. The highest BCUT2D eigenvalue weighted by Crippen LogP contribution is 2.47. The van der Waals surface area contributed by atoms with E-state index in [4.69, 9.17) is 11.6 Å². The monoisotopic (exact) mass is 227 g/mol. The van der Waals surface area contributed by atoms with Crippen LogP contribution in [-0.2, 0) is 0 Å². The SMILES string of the molecule is CC1CCN(C2CC3CCC2C3)CC1Cl. The van der Waals surface area contributed by atoms with Gasteiger partial charge in [-0.1, -0.05) is 13.3 Å². The highest BCUT2D eigenvalue weighted by atomic mass is 35.5. The molecule has 0 aromatic rings. The van der Waals surface area contributed by atoms with Crippen LogP contribution in [0.3, 0.4) is 0 Å². The van der Waals surface area contributed by atoms with Gasteiger partial charge in [0, 0.05) is 18.0 Å². The normalized spacial score (nSPS) is 51.2. The zero-order valence-electron chi connectivity index (χ0n) is 9.66. The van der Waals surface area contributed by atoms with Crippen LogP contribution >= 0.6 is 11.6 Å². The summed E-state index contributed by atoms with van der Waals surface area (Å²) in [5.74, 6) is 2.81. The van der Waals surface area contributed by atoms with Gasteiger partial charge >= 0.3 is 0 Å². The topological polar surface area (TPSA) is 3.24 Å². The maximum atomic E-state index is 6.40. The number of hydrogen-bond donors (Lipinski definition) is 0. The summed E-state index contributed by atoms with van der Waals surface area (Å²) in [6.45, 7) is 4.75. The molecule has 3 rings (SSSR count). The van der Waals surface area contributed by atoms with Crippen molar-refractivity contribution in [3.8, 4) is 0 Å². The van der Waals surface area contributed by atoms with Crippen molar-refractivity contribution in [3.63, 3.8) is 0 Å². The summed E-state index contributed by atoms with van der Waals surface area (Å²) in [5, 5.41) is 0.401. The summed E-state index contributed by atoms with van der Waals surface area (Å²) < 4.78 is 0. The van der Waals surface area contributed by atoms with Crippen molar-refractivity contribution in [1.29, 1.82) is 0 Å². The summed E-state index contributed by atoms with van der Waals surface area (Å²) in [6.07, 6.45) is 7.30. The third-order valence-electron chi connectivity index (χ3n) is 5.07. The largest absolute Gasteiger partial charge is 0.299 e. The third kappa shape index (κ3) is 1.82. The Hall–Kier alpha value is 0.250. The summed E-state index contributed by atoms with van der Waals surface area (Å²) in [6, 6.07) is 0.900. The van der Waals surface area contributed by atoms with E-state index >= 15 is 0 Å². The summed E-state index contributed by atoms with van der Waals surface area (Å²) in [7, 11) is 0. The third-order valence-corrected chi connectivity index (χ3v) is 5.64. The fourth-order valence-electron chi connectivity index (χ4n) is 4.01. The quantitative estimate of drug-likeness (QED) is 0.623. The molecule has 1 heterocycles. The maximum Gasteiger partial charge on any atom is 0.0489 e. The van der Waals surface area contributed by atoms with E-state index < -0.39 is 0 Å². The van der Waals surface area contributed by atoms with E-state index in [1.807, 2.05) is 0 Å². The predicted octanol–water partition coefficient (Wildman–Crippen LogP) is 3.12. The van der Waals surface area contributed by atoms with E-state index in [2.05, 4.69) is 11.8 Å². The Kier molecular flexibility index (Phi) is 2.72. The van der Waals surface area contributed by atoms with Crippen LogP contribution in [0.5, 0.6) is 0 Å². The van der Waals surface area contributed by atoms with Crippen LogP contribution in [0.2, 0.25) is 0 Å². The molecule has 5 atom stereocenters. The number of hydrogen-bond acceptors (Lipinski definition) is 1. The average molecular weight is 228 g/mol. The van der Waals surface area contributed by atoms with Crippen LogP contribution in [0.15, 0.2) is 0 Å². The zero-order valence-corrected chi connectivity index (χ0v) is 10.4. The fourth-order valence-corrected chi connectivity index (χ4v) is 4.31. The highest BCUT2D eigenvalue weighted by molar-refractivity contribution is 6.21. The molecule has 0 radical (unpaired) electrons. The first-order chi connectivity index (χ1) is 7.24. The number of nitrogens with zero attached hydrogens (tertiary/aromatic N) is 1. The van der Waals surface area contributed by atoms with E-state index in [9.17, 15) is 0 Å². The minimum atomic E-state index is 0.401. The molecule has 3 aliphatic rings. The van der Waals surface area contributed by atoms with Crippen LogP contribution in [0.1, 0.15) is 39.0 Å². The second-order valence-electron chi connectivity index (χ2n) is 6.02. The number of piperidine rings is 1. The molecule has 2 heteroatoms. The minimum absolute atomic E-state index is 0.401. The highest BCUT2D eigenvalue weighted by Gasteiger charge is 2.43. The summed E-state index contributed by atoms with van der Waals surface area (Å²) >= 11 is 6.40. The standard InChI is InChI=1S/C13H22ClN/c1-9-4-5-15(8-12(9)14)13-7-10-2-3-11(13)6-10/h9-13H,2-8H2,1H3.